The number of rotatable bonds is 6. The van der Waals surface area contributed by atoms with E-state index in [1.807, 2.05) is 18.2 Å². The highest BCUT2D eigenvalue weighted by Crippen LogP contribution is 2.28. The Hall–Kier alpha value is -1.66. The van der Waals surface area contributed by atoms with E-state index in [9.17, 15) is 0 Å². The molecule has 0 heterocycles. The van der Waals surface area contributed by atoms with Gasteiger partial charge in [-0.1, -0.05) is 12.0 Å². The van der Waals surface area contributed by atoms with Crippen LogP contribution in [-0.2, 0) is 6.54 Å². The predicted octanol–water partition coefficient (Wildman–Crippen LogP) is 1.96. The summed E-state index contributed by atoms with van der Waals surface area (Å²) in [6.07, 6.45) is 7.76. The Kier molecular flexibility index (Phi) is 3.89. The van der Waals surface area contributed by atoms with Gasteiger partial charge in [0.25, 0.3) is 0 Å². The van der Waals surface area contributed by atoms with Crippen LogP contribution in [0, 0.1) is 12.3 Å². The minimum absolute atomic E-state index is 0.260. The predicted molar refractivity (Wildman–Crippen MR) is 67.2 cm³/mol. The fourth-order valence-electron chi connectivity index (χ4n) is 1.61. The molecule has 1 saturated carbocycles. The number of methoxy groups -OCH3 is 1. The van der Waals surface area contributed by atoms with Crippen LogP contribution in [0.3, 0.4) is 0 Å². The minimum Gasteiger partial charge on any atom is -0.493 e. The van der Waals surface area contributed by atoms with Gasteiger partial charge in [0, 0.05) is 12.6 Å². The van der Waals surface area contributed by atoms with E-state index in [4.69, 9.17) is 15.9 Å². The molecule has 2 rings (SSSR count). The van der Waals surface area contributed by atoms with E-state index in [0.717, 1.165) is 12.3 Å². The molecule has 17 heavy (non-hydrogen) atoms. The second kappa shape index (κ2) is 5.60. The molecule has 0 radical (unpaired) electrons. The van der Waals surface area contributed by atoms with Crippen LogP contribution in [-0.4, -0.2) is 19.8 Å². The van der Waals surface area contributed by atoms with Crippen LogP contribution in [0.4, 0.5) is 0 Å². The summed E-state index contributed by atoms with van der Waals surface area (Å²) in [7, 11) is 1.63. The maximum absolute atomic E-state index is 5.45. The van der Waals surface area contributed by atoms with Crippen LogP contribution in [0.2, 0.25) is 0 Å². The molecule has 0 saturated heterocycles. The summed E-state index contributed by atoms with van der Waals surface area (Å²) in [4.78, 5) is 0. The lowest BCUT2D eigenvalue weighted by molar-refractivity contribution is 0.330. The molecule has 1 aromatic carbocycles. The van der Waals surface area contributed by atoms with E-state index < -0.39 is 0 Å². The molecule has 0 bridgehead atoms. The van der Waals surface area contributed by atoms with Crippen molar-refractivity contribution in [3.63, 3.8) is 0 Å². The first kappa shape index (κ1) is 11.8. The molecule has 1 N–H and O–H groups in total. The molecule has 0 unspecified atom stereocenters. The topological polar surface area (TPSA) is 30.5 Å². The van der Waals surface area contributed by atoms with Gasteiger partial charge in [-0.15, -0.1) is 6.42 Å². The molecule has 0 amide bonds. The summed E-state index contributed by atoms with van der Waals surface area (Å²) in [5, 5.41) is 3.46. The molecular formula is C14H17NO2. The number of terminal acetylenes is 1. The Labute approximate surface area is 102 Å². The molecule has 1 aliphatic rings. The Bertz CT molecular complexity index is 419. The van der Waals surface area contributed by atoms with Crippen LogP contribution >= 0.6 is 0 Å². The van der Waals surface area contributed by atoms with Gasteiger partial charge in [-0.25, -0.2) is 0 Å². The summed E-state index contributed by atoms with van der Waals surface area (Å²) >= 11 is 0. The highest BCUT2D eigenvalue weighted by molar-refractivity contribution is 5.43. The summed E-state index contributed by atoms with van der Waals surface area (Å²) in [6, 6.07) is 6.63. The number of benzene rings is 1. The van der Waals surface area contributed by atoms with Crippen LogP contribution in [0.5, 0.6) is 11.5 Å². The van der Waals surface area contributed by atoms with Gasteiger partial charge in [0.2, 0.25) is 0 Å². The smallest absolute Gasteiger partial charge is 0.162 e. The van der Waals surface area contributed by atoms with Crippen molar-refractivity contribution in [2.24, 2.45) is 0 Å². The molecule has 0 spiro atoms. The van der Waals surface area contributed by atoms with Gasteiger partial charge in [-0.2, -0.15) is 0 Å². The third-order valence-electron chi connectivity index (χ3n) is 2.71. The fraction of sp³-hybridized carbons (Fsp3) is 0.429. The number of ether oxygens (including phenoxy) is 2. The van der Waals surface area contributed by atoms with Crippen molar-refractivity contribution >= 4 is 0 Å². The maximum Gasteiger partial charge on any atom is 0.162 e. The Morgan fingerprint density at radius 1 is 1.41 bits per heavy atom. The Morgan fingerprint density at radius 2 is 2.24 bits per heavy atom. The van der Waals surface area contributed by atoms with E-state index >= 15 is 0 Å². The fourth-order valence-corrected chi connectivity index (χ4v) is 1.61. The lowest BCUT2D eigenvalue weighted by atomic mass is 10.2. The van der Waals surface area contributed by atoms with Crippen molar-refractivity contribution in [3.8, 4) is 23.8 Å². The maximum atomic E-state index is 5.45. The zero-order valence-corrected chi connectivity index (χ0v) is 10.0. The summed E-state index contributed by atoms with van der Waals surface area (Å²) in [5.74, 6) is 3.88. The van der Waals surface area contributed by atoms with Crippen molar-refractivity contribution < 1.29 is 9.47 Å². The Morgan fingerprint density at radius 3 is 2.88 bits per heavy atom. The third-order valence-corrected chi connectivity index (χ3v) is 2.71. The van der Waals surface area contributed by atoms with Gasteiger partial charge in [0.15, 0.2) is 11.5 Å². The lowest BCUT2D eigenvalue weighted by Gasteiger charge is -2.11. The second-order valence-corrected chi connectivity index (χ2v) is 4.13. The first-order valence-corrected chi connectivity index (χ1v) is 5.80. The van der Waals surface area contributed by atoms with Crippen molar-refractivity contribution in [3.05, 3.63) is 23.8 Å². The molecule has 0 atom stereocenters. The highest BCUT2D eigenvalue weighted by Gasteiger charge is 2.20. The highest BCUT2D eigenvalue weighted by atomic mass is 16.5. The zero-order valence-electron chi connectivity index (χ0n) is 10.0. The van der Waals surface area contributed by atoms with Gasteiger partial charge >= 0.3 is 0 Å². The van der Waals surface area contributed by atoms with Gasteiger partial charge in [-0.3, -0.25) is 0 Å². The van der Waals surface area contributed by atoms with Crippen molar-refractivity contribution in [1.29, 1.82) is 0 Å². The van der Waals surface area contributed by atoms with E-state index in [-0.39, 0.29) is 6.61 Å². The normalized spacial score (nSPS) is 14.1. The van der Waals surface area contributed by atoms with Crippen LogP contribution in [0.1, 0.15) is 18.4 Å². The van der Waals surface area contributed by atoms with Crippen LogP contribution < -0.4 is 14.8 Å². The summed E-state index contributed by atoms with van der Waals surface area (Å²) < 4.78 is 10.7. The lowest BCUT2D eigenvalue weighted by Crippen LogP contribution is -2.15. The second-order valence-electron chi connectivity index (χ2n) is 4.13. The average molecular weight is 231 g/mol. The molecular weight excluding hydrogens is 214 g/mol. The van der Waals surface area contributed by atoms with Gasteiger partial charge in [-0.05, 0) is 30.5 Å². The van der Waals surface area contributed by atoms with Gasteiger partial charge in [0.05, 0.1) is 7.11 Å². The quantitative estimate of drug-likeness (QED) is 0.759. The van der Waals surface area contributed by atoms with E-state index in [1.165, 1.54) is 18.4 Å². The van der Waals surface area contributed by atoms with Gasteiger partial charge in [0.1, 0.15) is 6.61 Å². The molecule has 0 aliphatic heterocycles. The van der Waals surface area contributed by atoms with Crippen molar-refractivity contribution in [2.45, 2.75) is 25.4 Å². The van der Waals surface area contributed by atoms with Crippen LogP contribution in [0.25, 0.3) is 0 Å². The minimum atomic E-state index is 0.260. The summed E-state index contributed by atoms with van der Waals surface area (Å²) in [6.45, 7) is 1.12. The molecule has 1 fully saturated rings. The average Bonchev–Trinajstić information content (AvgIpc) is 3.18. The van der Waals surface area contributed by atoms with E-state index in [1.54, 1.807) is 7.11 Å². The molecule has 3 heteroatoms. The third kappa shape index (κ3) is 3.40. The molecule has 1 aliphatic carbocycles. The van der Waals surface area contributed by atoms with Crippen LogP contribution in [0.15, 0.2) is 18.2 Å². The number of nitrogens with one attached hydrogen (secondary N) is 1. The SMILES string of the molecule is C#CCOc1cc(CNC2CC2)ccc1OC. The molecule has 90 valence electrons. The molecule has 3 nitrogen and oxygen atoms in total. The standard InChI is InChI=1S/C14H17NO2/c1-3-8-17-14-9-11(4-7-13(14)16-2)10-15-12-5-6-12/h1,4,7,9,12,15H,5-6,8,10H2,2H3. The zero-order chi connectivity index (χ0) is 12.1. The number of hydrogen-bond donors (Lipinski definition) is 1. The molecule has 0 aromatic heterocycles. The van der Waals surface area contributed by atoms with Crippen molar-refractivity contribution in [1.82, 2.24) is 5.32 Å². The van der Waals surface area contributed by atoms with E-state index in [0.29, 0.717) is 11.8 Å². The summed E-state index contributed by atoms with van der Waals surface area (Å²) in [5.41, 5.74) is 1.18. The first-order valence-electron chi connectivity index (χ1n) is 5.80. The van der Waals surface area contributed by atoms with Gasteiger partial charge < -0.3 is 14.8 Å². The largest absolute Gasteiger partial charge is 0.493 e. The van der Waals surface area contributed by atoms with E-state index in [2.05, 4.69) is 11.2 Å². The monoisotopic (exact) mass is 231 g/mol. The number of hydrogen-bond acceptors (Lipinski definition) is 3. The van der Waals surface area contributed by atoms with Crippen molar-refractivity contribution in [2.75, 3.05) is 13.7 Å². The Balaban J connectivity index is 2.03. The molecule has 1 aromatic rings. The first-order chi connectivity index (χ1) is 8.33.